The molecular formula is C12H18N2O4. The lowest BCUT2D eigenvalue weighted by Crippen LogP contribution is -2.33. The van der Waals surface area contributed by atoms with E-state index in [0.29, 0.717) is 18.8 Å². The van der Waals surface area contributed by atoms with Gasteiger partial charge in [-0.3, -0.25) is 0 Å². The fraction of sp³-hybridized carbons (Fsp3) is 0.417. The van der Waals surface area contributed by atoms with Crippen molar-refractivity contribution < 1.29 is 19.4 Å². The second-order valence-electron chi connectivity index (χ2n) is 3.65. The van der Waals surface area contributed by atoms with Crippen LogP contribution < -0.4 is 15.8 Å². The first-order chi connectivity index (χ1) is 8.68. The normalized spacial score (nSPS) is 11.8. The van der Waals surface area contributed by atoms with Gasteiger partial charge in [0.1, 0.15) is 25.1 Å². The third kappa shape index (κ3) is 6.72. The molecule has 1 amide bonds. The summed E-state index contributed by atoms with van der Waals surface area (Å²) in [6.45, 7) is 1.18. The molecule has 1 atom stereocenters. The molecule has 1 aromatic carbocycles. The topological polar surface area (TPSA) is 93.8 Å². The van der Waals surface area contributed by atoms with Crippen molar-refractivity contribution in [2.24, 2.45) is 5.73 Å². The van der Waals surface area contributed by atoms with Crippen LogP contribution in [0.5, 0.6) is 5.75 Å². The van der Waals surface area contributed by atoms with Gasteiger partial charge in [-0.15, -0.1) is 0 Å². The molecule has 0 aliphatic rings. The number of aliphatic hydroxyl groups excluding tert-OH is 1. The maximum absolute atomic E-state index is 10.3. The molecule has 1 rings (SSSR count). The number of hydrogen-bond donors (Lipinski definition) is 3. The van der Waals surface area contributed by atoms with Crippen molar-refractivity contribution in [2.75, 3.05) is 26.3 Å². The number of carbonyl (C=O) groups is 1. The minimum absolute atomic E-state index is 0.182. The predicted octanol–water partition coefficient (Wildman–Crippen LogP) is 0.111. The number of carbonyl (C=O) groups excluding carboxylic acids is 1. The summed E-state index contributed by atoms with van der Waals surface area (Å²) in [6, 6.07) is 9.26. The van der Waals surface area contributed by atoms with Crippen LogP contribution in [0.15, 0.2) is 30.3 Å². The van der Waals surface area contributed by atoms with Gasteiger partial charge in [-0.1, -0.05) is 18.2 Å². The van der Waals surface area contributed by atoms with Gasteiger partial charge in [-0.05, 0) is 12.1 Å². The minimum Gasteiger partial charge on any atom is -0.491 e. The summed E-state index contributed by atoms with van der Waals surface area (Å²) in [5, 5.41) is 12.5. The molecule has 6 nitrogen and oxygen atoms in total. The molecule has 0 bridgehead atoms. The first-order valence-corrected chi connectivity index (χ1v) is 5.67. The molecule has 18 heavy (non-hydrogen) atoms. The highest BCUT2D eigenvalue weighted by Gasteiger charge is 2.04. The average Bonchev–Trinajstić information content (AvgIpc) is 2.37. The Hall–Kier alpha value is -1.79. The largest absolute Gasteiger partial charge is 0.491 e. The molecule has 0 saturated carbocycles. The molecule has 6 heteroatoms. The summed E-state index contributed by atoms with van der Waals surface area (Å²) >= 11 is 0. The highest BCUT2D eigenvalue weighted by molar-refractivity contribution is 5.64. The Labute approximate surface area is 106 Å². The minimum atomic E-state index is -0.801. The zero-order chi connectivity index (χ0) is 13.2. The summed E-state index contributed by atoms with van der Waals surface area (Å²) in [7, 11) is 0. The maximum Gasteiger partial charge on any atom is 0.404 e. The lowest BCUT2D eigenvalue weighted by Gasteiger charge is -2.13. The van der Waals surface area contributed by atoms with Gasteiger partial charge >= 0.3 is 6.09 Å². The van der Waals surface area contributed by atoms with E-state index in [1.807, 2.05) is 30.3 Å². The Bertz CT molecular complexity index is 345. The van der Waals surface area contributed by atoms with E-state index in [4.69, 9.17) is 10.5 Å². The fourth-order valence-corrected chi connectivity index (χ4v) is 1.26. The monoisotopic (exact) mass is 254 g/mol. The van der Waals surface area contributed by atoms with Gasteiger partial charge in [-0.25, -0.2) is 4.79 Å². The van der Waals surface area contributed by atoms with E-state index in [2.05, 4.69) is 10.1 Å². The van der Waals surface area contributed by atoms with Gasteiger partial charge < -0.3 is 25.6 Å². The van der Waals surface area contributed by atoms with Crippen LogP contribution in [0.2, 0.25) is 0 Å². The van der Waals surface area contributed by atoms with Crippen molar-refractivity contribution in [3.8, 4) is 5.75 Å². The summed E-state index contributed by atoms with van der Waals surface area (Å²) in [6.07, 6.45) is -1.43. The Morgan fingerprint density at radius 3 is 2.78 bits per heavy atom. The molecule has 4 N–H and O–H groups in total. The number of nitrogens with one attached hydrogen (secondary N) is 1. The summed E-state index contributed by atoms with van der Waals surface area (Å²) in [5.41, 5.74) is 4.79. The molecule has 0 aromatic heterocycles. The van der Waals surface area contributed by atoms with Crippen LogP contribution in [-0.4, -0.2) is 43.6 Å². The molecule has 0 aliphatic carbocycles. The van der Waals surface area contributed by atoms with Gasteiger partial charge in [-0.2, -0.15) is 0 Å². The van der Waals surface area contributed by atoms with E-state index in [9.17, 15) is 9.90 Å². The van der Waals surface area contributed by atoms with E-state index in [1.165, 1.54) is 0 Å². The second-order valence-corrected chi connectivity index (χ2v) is 3.65. The Balaban J connectivity index is 2.04. The lowest BCUT2D eigenvalue weighted by molar-refractivity contribution is 0.104. The van der Waals surface area contributed by atoms with Crippen molar-refractivity contribution >= 4 is 6.09 Å². The number of aliphatic hydroxyl groups is 1. The second kappa shape index (κ2) is 8.32. The van der Waals surface area contributed by atoms with E-state index in [-0.39, 0.29) is 13.2 Å². The fourth-order valence-electron chi connectivity index (χ4n) is 1.26. The van der Waals surface area contributed by atoms with Crippen LogP contribution in [0.25, 0.3) is 0 Å². The number of primary amides is 1. The Morgan fingerprint density at radius 2 is 2.11 bits per heavy atom. The van der Waals surface area contributed by atoms with Gasteiger partial charge in [0.25, 0.3) is 0 Å². The Kier molecular flexibility index (Phi) is 6.60. The molecule has 0 aliphatic heterocycles. The molecule has 0 radical (unpaired) electrons. The Morgan fingerprint density at radius 1 is 1.39 bits per heavy atom. The van der Waals surface area contributed by atoms with E-state index < -0.39 is 12.2 Å². The summed E-state index contributed by atoms with van der Waals surface area (Å²) in [4.78, 5) is 10.3. The zero-order valence-corrected chi connectivity index (χ0v) is 10.0. The number of para-hydroxylation sites is 1. The molecule has 1 unspecified atom stereocenters. The molecule has 100 valence electrons. The van der Waals surface area contributed by atoms with Crippen LogP contribution in [-0.2, 0) is 4.74 Å². The van der Waals surface area contributed by atoms with Gasteiger partial charge in [0.05, 0.1) is 0 Å². The number of amides is 1. The van der Waals surface area contributed by atoms with Crippen molar-refractivity contribution in [3.05, 3.63) is 30.3 Å². The van der Waals surface area contributed by atoms with Crippen molar-refractivity contribution in [1.29, 1.82) is 0 Å². The van der Waals surface area contributed by atoms with Crippen molar-refractivity contribution in [2.45, 2.75) is 6.10 Å². The third-order valence-corrected chi connectivity index (χ3v) is 2.09. The lowest BCUT2D eigenvalue weighted by atomic mass is 10.3. The zero-order valence-electron chi connectivity index (χ0n) is 10.0. The van der Waals surface area contributed by atoms with Gasteiger partial charge in [0.15, 0.2) is 0 Å². The standard InChI is InChI=1S/C12H18N2O4/c13-12(16)17-7-6-14-8-10(15)9-18-11-4-2-1-3-5-11/h1-5,10,14-15H,6-9H2,(H2,13,16). The maximum atomic E-state index is 10.3. The van der Waals surface area contributed by atoms with Crippen LogP contribution >= 0.6 is 0 Å². The average molecular weight is 254 g/mol. The number of rotatable bonds is 8. The first kappa shape index (κ1) is 14.3. The number of nitrogens with two attached hydrogens (primary N) is 1. The van der Waals surface area contributed by atoms with E-state index in [1.54, 1.807) is 0 Å². The molecule has 1 aromatic rings. The molecular weight excluding hydrogens is 236 g/mol. The van der Waals surface area contributed by atoms with Crippen LogP contribution in [0, 0.1) is 0 Å². The quantitative estimate of drug-likeness (QED) is 0.572. The smallest absolute Gasteiger partial charge is 0.404 e. The van der Waals surface area contributed by atoms with Crippen LogP contribution in [0.4, 0.5) is 4.79 Å². The van der Waals surface area contributed by atoms with E-state index >= 15 is 0 Å². The third-order valence-electron chi connectivity index (χ3n) is 2.09. The SMILES string of the molecule is NC(=O)OCCNCC(O)COc1ccccc1. The summed E-state index contributed by atoms with van der Waals surface area (Å²) < 4.78 is 9.88. The van der Waals surface area contributed by atoms with Crippen molar-refractivity contribution in [1.82, 2.24) is 5.32 Å². The molecule has 0 spiro atoms. The number of ether oxygens (including phenoxy) is 2. The highest BCUT2D eigenvalue weighted by Crippen LogP contribution is 2.08. The molecule has 0 saturated heterocycles. The summed E-state index contributed by atoms with van der Waals surface area (Å²) in [5.74, 6) is 0.716. The predicted molar refractivity (Wildman–Crippen MR) is 66.3 cm³/mol. The van der Waals surface area contributed by atoms with Gasteiger partial charge in [0.2, 0.25) is 0 Å². The highest BCUT2D eigenvalue weighted by atomic mass is 16.5. The van der Waals surface area contributed by atoms with Crippen LogP contribution in [0.1, 0.15) is 0 Å². The van der Waals surface area contributed by atoms with Crippen LogP contribution in [0.3, 0.4) is 0 Å². The van der Waals surface area contributed by atoms with Crippen molar-refractivity contribution in [3.63, 3.8) is 0 Å². The van der Waals surface area contributed by atoms with Gasteiger partial charge in [0, 0.05) is 13.1 Å². The van der Waals surface area contributed by atoms with E-state index in [0.717, 1.165) is 0 Å². The first-order valence-electron chi connectivity index (χ1n) is 5.67. The number of benzene rings is 1. The number of hydrogen-bond acceptors (Lipinski definition) is 5. The molecule has 0 heterocycles. The molecule has 0 fully saturated rings.